The Bertz CT molecular complexity index is 1140. The average Bonchev–Trinajstić information content (AvgIpc) is 2.87. The Hall–Kier alpha value is -3.13. The van der Waals surface area contributed by atoms with E-state index in [9.17, 15) is 9.18 Å². The van der Waals surface area contributed by atoms with Crippen molar-refractivity contribution in [3.05, 3.63) is 72.3 Å². The van der Waals surface area contributed by atoms with Gasteiger partial charge in [0, 0.05) is 44.5 Å². The van der Waals surface area contributed by atoms with Crippen molar-refractivity contribution in [1.82, 2.24) is 9.97 Å². The molecule has 0 saturated carbocycles. The summed E-state index contributed by atoms with van der Waals surface area (Å²) in [6.07, 6.45) is 3.57. The van der Waals surface area contributed by atoms with Gasteiger partial charge in [0.1, 0.15) is 23.0 Å². The summed E-state index contributed by atoms with van der Waals surface area (Å²) in [6, 6.07) is 17.0. The minimum absolute atomic E-state index is 0.103. The van der Waals surface area contributed by atoms with Gasteiger partial charge in [-0.3, -0.25) is 4.79 Å². The van der Waals surface area contributed by atoms with Crippen LogP contribution in [0.2, 0.25) is 0 Å². The van der Waals surface area contributed by atoms with Gasteiger partial charge in [0.05, 0.1) is 11.4 Å². The highest BCUT2D eigenvalue weighted by atomic mass is 32.2. The number of nitrogens with zero attached hydrogens (tertiary/aromatic N) is 5. The topological polar surface area (TPSA) is 52.6 Å². The molecule has 0 spiro atoms. The van der Waals surface area contributed by atoms with Crippen molar-refractivity contribution < 1.29 is 9.18 Å². The van der Waals surface area contributed by atoms with E-state index in [4.69, 9.17) is 0 Å². The SMILES string of the molecule is O=C(CSc1cc(N2CCN(c3ccccc3F)CC2)ncn1)N1CCCc2ccccc21. The van der Waals surface area contributed by atoms with Crippen LogP contribution in [0, 0.1) is 5.82 Å². The molecule has 33 heavy (non-hydrogen) atoms. The van der Waals surface area contributed by atoms with Crippen molar-refractivity contribution in [2.75, 3.05) is 53.2 Å². The van der Waals surface area contributed by atoms with E-state index in [-0.39, 0.29) is 11.7 Å². The number of amides is 1. The van der Waals surface area contributed by atoms with Gasteiger partial charge in [-0.15, -0.1) is 0 Å². The van der Waals surface area contributed by atoms with Crippen LogP contribution in [0.4, 0.5) is 21.6 Å². The molecule has 3 heterocycles. The number of para-hydroxylation sites is 2. The molecule has 3 aromatic rings. The Balaban J connectivity index is 1.19. The van der Waals surface area contributed by atoms with Gasteiger partial charge in [-0.25, -0.2) is 14.4 Å². The highest BCUT2D eigenvalue weighted by molar-refractivity contribution is 7.99. The van der Waals surface area contributed by atoms with Crippen LogP contribution in [0.25, 0.3) is 0 Å². The minimum atomic E-state index is -0.187. The van der Waals surface area contributed by atoms with Crippen molar-refractivity contribution >= 4 is 34.9 Å². The highest BCUT2D eigenvalue weighted by Gasteiger charge is 2.23. The molecule has 0 radical (unpaired) electrons. The zero-order valence-corrected chi connectivity index (χ0v) is 19.2. The first-order valence-electron chi connectivity index (χ1n) is 11.3. The van der Waals surface area contributed by atoms with E-state index < -0.39 is 0 Å². The fraction of sp³-hybridized carbons (Fsp3) is 0.320. The predicted octanol–water partition coefficient (Wildman–Crippen LogP) is 4.01. The standard InChI is InChI=1S/C25H26FN5OS/c26-20-8-2-4-10-22(20)29-12-14-30(15-13-29)23-16-24(28-18-27-23)33-17-25(32)31-11-5-7-19-6-1-3-9-21(19)31/h1-4,6,8-10,16,18H,5,7,11-15,17H2. The number of halogens is 1. The Kier molecular flexibility index (Phi) is 6.44. The maximum atomic E-state index is 14.1. The van der Waals surface area contributed by atoms with E-state index in [2.05, 4.69) is 25.8 Å². The summed E-state index contributed by atoms with van der Waals surface area (Å²) in [6.45, 7) is 3.70. The molecule has 1 saturated heterocycles. The largest absolute Gasteiger partial charge is 0.366 e. The molecule has 5 rings (SSSR count). The van der Waals surface area contributed by atoms with Crippen LogP contribution >= 0.6 is 11.8 Å². The molecular formula is C25H26FN5OS. The van der Waals surface area contributed by atoms with Gasteiger partial charge in [-0.05, 0) is 36.6 Å². The summed E-state index contributed by atoms with van der Waals surface area (Å²) in [5.41, 5.74) is 2.92. The first-order valence-corrected chi connectivity index (χ1v) is 12.2. The summed E-state index contributed by atoms with van der Waals surface area (Å²) >= 11 is 1.45. The van der Waals surface area contributed by atoms with Gasteiger partial charge in [0.25, 0.3) is 0 Å². The minimum Gasteiger partial charge on any atom is -0.366 e. The lowest BCUT2D eigenvalue weighted by atomic mass is 10.0. The molecule has 0 bridgehead atoms. The Morgan fingerprint density at radius 1 is 0.909 bits per heavy atom. The van der Waals surface area contributed by atoms with Crippen molar-refractivity contribution in [3.63, 3.8) is 0 Å². The number of aryl methyl sites for hydroxylation is 1. The molecule has 1 aromatic heterocycles. The molecule has 2 aliphatic rings. The average molecular weight is 464 g/mol. The van der Waals surface area contributed by atoms with Crippen molar-refractivity contribution in [1.29, 1.82) is 0 Å². The first-order chi connectivity index (χ1) is 16.2. The van der Waals surface area contributed by atoms with Crippen LogP contribution in [0.15, 0.2) is 66.0 Å². The quantitative estimate of drug-likeness (QED) is 0.421. The zero-order valence-electron chi connectivity index (χ0n) is 18.4. The second-order valence-electron chi connectivity index (χ2n) is 8.21. The lowest BCUT2D eigenvalue weighted by Crippen LogP contribution is -2.47. The maximum absolute atomic E-state index is 14.1. The molecule has 170 valence electrons. The normalized spacial score (nSPS) is 16.0. The molecule has 0 atom stereocenters. The fourth-order valence-electron chi connectivity index (χ4n) is 4.47. The highest BCUT2D eigenvalue weighted by Crippen LogP contribution is 2.29. The van der Waals surface area contributed by atoms with Crippen molar-refractivity contribution in [3.8, 4) is 0 Å². The first kappa shape index (κ1) is 21.7. The molecule has 1 fully saturated rings. The van der Waals surface area contributed by atoms with Gasteiger partial charge < -0.3 is 14.7 Å². The molecule has 0 aliphatic carbocycles. The van der Waals surface area contributed by atoms with E-state index in [1.807, 2.05) is 41.3 Å². The number of thioether (sulfide) groups is 1. The molecule has 1 amide bonds. The second-order valence-corrected chi connectivity index (χ2v) is 9.20. The molecule has 2 aliphatic heterocycles. The summed E-state index contributed by atoms with van der Waals surface area (Å²) in [7, 11) is 0. The summed E-state index contributed by atoms with van der Waals surface area (Å²) in [4.78, 5) is 27.9. The van der Waals surface area contributed by atoms with Gasteiger partial charge in [0.2, 0.25) is 5.91 Å². The number of hydrogen-bond acceptors (Lipinski definition) is 6. The van der Waals surface area contributed by atoms with Crippen LogP contribution in [0.1, 0.15) is 12.0 Å². The van der Waals surface area contributed by atoms with Crippen LogP contribution < -0.4 is 14.7 Å². The van der Waals surface area contributed by atoms with Gasteiger partial charge in [-0.1, -0.05) is 42.1 Å². The number of fused-ring (bicyclic) bond motifs is 1. The summed E-state index contributed by atoms with van der Waals surface area (Å²) < 4.78 is 14.1. The van der Waals surface area contributed by atoms with E-state index in [1.165, 1.54) is 23.4 Å². The Morgan fingerprint density at radius 3 is 2.45 bits per heavy atom. The van der Waals surface area contributed by atoms with Crippen molar-refractivity contribution in [2.45, 2.75) is 17.9 Å². The monoisotopic (exact) mass is 463 g/mol. The molecular weight excluding hydrogens is 437 g/mol. The smallest absolute Gasteiger partial charge is 0.237 e. The Labute approximate surface area is 197 Å². The zero-order chi connectivity index (χ0) is 22.6. The number of carbonyl (C=O) groups excluding carboxylic acids is 1. The number of anilines is 3. The molecule has 6 nitrogen and oxygen atoms in total. The molecule has 0 N–H and O–H groups in total. The second kappa shape index (κ2) is 9.79. The lowest BCUT2D eigenvalue weighted by Gasteiger charge is -2.36. The number of rotatable bonds is 5. The van der Waals surface area contributed by atoms with Gasteiger partial charge >= 0.3 is 0 Å². The number of hydrogen-bond donors (Lipinski definition) is 0. The third-order valence-electron chi connectivity index (χ3n) is 6.18. The lowest BCUT2D eigenvalue weighted by molar-refractivity contribution is -0.116. The van der Waals surface area contributed by atoms with E-state index in [0.29, 0.717) is 11.4 Å². The third kappa shape index (κ3) is 4.80. The van der Waals surface area contributed by atoms with E-state index >= 15 is 0 Å². The number of benzene rings is 2. The number of aromatic nitrogens is 2. The molecule has 0 unspecified atom stereocenters. The van der Waals surface area contributed by atoms with Crippen LogP contribution in [0.3, 0.4) is 0 Å². The van der Waals surface area contributed by atoms with Crippen molar-refractivity contribution in [2.24, 2.45) is 0 Å². The maximum Gasteiger partial charge on any atom is 0.237 e. The van der Waals surface area contributed by atoms with E-state index in [1.54, 1.807) is 12.4 Å². The van der Waals surface area contributed by atoms with Gasteiger partial charge in [-0.2, -0.15) is 0 Å². The molecule has 8 heteroatoms. The van der Waals surface area contributed by atoms with Crippen LogP contribution in [-0.4, -0.2) is 54.4 Å². The number of carbonyl (C=O) groups is 1. The van der Waals surface area contributed by atoms with E-state index in [0.717, 1.165) is 62.1 Å². The third-order valence-corrected chi connectivity index (χ3v) is 7.09. The summed E-state index contributed by atoms with van der Waals surface area (Å²) in [5.74, 6) is 1.10. The van der Waals surface area contributed by atoms with Crippen LogP contribution in [0.5, 0.6) is 0 Å². The summed E-state index contributed by atoms with van der Waals surface area (Å²) in [5, 5.41) is 0.787. The molecule has 2 aromatic carbocycles. The van der Waals surface area contributed by atoms with Crippen LogP contribution in [-0.2, 0) is 11.2 Å². The van der Waals surface area contributed by atoms with Gasteiger partial charge in [0.15, 0.2) is 0 Å². The number of piperazine rings is 1. The Morgan fingerprint density at radius 2 is 1.64 bits per heavy atom. The predicted molar refractivity (Wildman–Crippen MR) is 131 cm³/mol. The fourth-order valence-corrected chi connectivity index (χ4v) is 5.21.